The van der Waals surface area contributed by atoms with Gasteiger partial charge in [-0.15, -0.1) is 0 Å². The van der Waals surface area contributed by atoms with Crippen LogP contribution in [0.3, 0.4) is 0 Å². The van der Waals surface area contributed by atoms with Gasteiger partial charge in [0.1, 0.15) is 18.1 Å². The number of aryl methyl sites for hydroxylation is 2. The number of ether oxygens (including phenoxy) is 1. The first-order chi connectivity index (χ1) is 18.1. The van der Waals surface area contributed by atoms with Crippen molar-refractivity contribution >= 4 is 5.91 Å². The summed E-state index contributed by atoms with van der Waals surface area (Å²) in [5, 5.41) is 11.8. The number of aromatic nitrogens is 3. The molecule has 5 aromatic rings. The van der Waals surface area contributed by atoms with E-state index in [4.69, 9.17) is 14.4 Å². The average Bonchev–Trinajstić information content (AvgIpc) is 3.49. The fraction of sp³-hybridized carbons (Fsp3) is 0.167. The van der Waals surface area contributed by atoms with Gasteiger partial charge in [-0.1, -0.05) is 65.8 Å². The van der Waals surface area contributed by atoms with Crippen LogP contribution >= 0.6 is 0 Å². The SMILES string of the molecule is Cc1noc(C)c1COc1ccc(C(=O)NCc2cn(Cc3ccccc3)nc2-c2ccccc2)cc1. The van der Waals surface area contributed by atoms with Gasteiger partial charge in [-0.25, -0.2) is 0 Å². The van der Waals surface area contributed by atoms with Gasteiger partial charge < -0.3 is 14.6 Å². The zero-order chi connectivity index (χ0) is 25.6. The molecule has 0 bridgehead atoms. The minimum absolute atomic E-state index is 0.160. The molecule has 0 saturated heterocycles. The van der Waals surface area contributed by atoms with Gasteiger partial charge in [0.05, 0.1) is 23.5 Å². The van der Waals surface area contributed by atoms with Crippen molar-refractivity contribution in [2.45, 2.75) is 33.5 Å². The number of nitrogens with one attached hydrogen (secondary N) is 1. The third-order valence-electron chi connectivity index (χ3n) is 6.19. The second kappa shape index (κ2) is 11.0. The largest absolute Gasteiger partial charge is 0.489 e. The van der Waals surface area contributed by atoms with Crippen LogP contribution in [0.1, 0.15) is 38.5 Å². The summed E-state index contributed by atoms with van der Waals surface area (Å²) < 4.78 is 12.9. The monoisotopic (exact) mass is 492 g/mol. The van der Waals surface area contributed by atoms with E-state index >= 15 is 0 Å². The molecule has 2 heterocycles. The molecule has 0 spiro atoms. The molecule has 0 aliphatic rings. The summed E-state index contributed by atoms with van der Waals surface area (Å²) in [6.45, 7) is 5.13. The van der Waals surface area contributed by atoms with E-state index in [1.54, 1.807) is 24.3 Å². The maximum absolute atomic E-state index is 12.9. The van der Waals surface area contributed by atoms with Crippen molar-refractivity contribution in [3.05, 3.63) is 125 Å². The highest BCUT2D eigenvalue weighted by atomic mass is 16.5. The molecule has 0 unspecified atom stereocenters. The number of amides is 1. The van der Waals surface area contributed by atoms with Crippen LogP contribution in [0.25, 0.3) is 11.3 Å². The van der Waals surface area contributed by atoms with Crippen LogP contribution in [-0.2, 0) is 19.7 Å². The van der Waals surface area contributed by atoms with Crippen molar-refractivity contribution in [1.29, 1.82) is 0 Å². The van der Waals surface area contributed by atoms with Crippen LogP contribution in [0.2, 0.25) is 0 Å². The third kappa shape index (κ3) is 5.78. The lowest BCUT2D eigenvalue weighted by molar-refractivity contribution is 0.0951. The second-order valence-corrected chi connectivity index (χ2v) is 8.85. The van der Waals surface area contributed by atoms with Gasteiger partial charge in [0.25, 0.3) is 5.91 Å². The standard InChI is InChI=1S/C30H28N4O3/c1-21-28(22(2)37-33-21)20-36-27-15-13-25(14-16-27)30(35)31-17-26-19-34(18-23-9-5-3-6-10-23)32-29(26)24-11-7-4-8-12-24/h3-16,19H,17-18,20H2,1-2H3,(H,31,35). The molecule has 37 heavy (non-hydrogen) atoms. The fourth-order valence-electron chi connectivity index (χ4n) is 4.13. The zero-order valence-corrected chi connectivity index (χ0v) is 20.8. The van der Waals surface area contributed by atoms with Gasteiger partial charge >= 0.3 is 0 Å². The summed E-state index contributed by atoms with van der Waals surface area (Å²) in [4.78, 5) is 12.9. The maximum atomic E-state index is 12.9. The van der Waals surface area contributed by atoms with Crippen LogP contribution in [0, 0.1) is 13.8 Å². The smallest absolute Gasteiger partial charge is 0.251 e. The Kier molecular flexibility index (Phi) is 7.12. The molecular weight excluding hydrogens is 464 g/mol. The molecule has 7 heteroatoms. The normalized spacial score (nSPS) is 10.9. The quantitative estimate of drug-likeness (QED) is 0.285. The Balaban J connectivity index is 1.26. The third-order valence-corrected chi connectivity index (χ3v) is 6.19. The highest BCUT2D eigenvalue weighted by molar-refractivity contribution is 5.94. The molecule has 5 rings (SSSR count). The topological polar surface area (TPSA) is 82.2 Å². The van der Waals surface area contributed by atoms with Crippen LogP contribution in [0.15, 0.2) is 95.6 Å². The van der Waals surface area contributed by atoms with E-state index < -0.39 is 0 Å². The molecule has 186 valence electrons. The van der Waals surface area contributed by atoms with Gasteiger partial charge in [0.2, 0.25) is 0 Å². The lowest BCUT2D eigenvalue weighted by Gasteiger charge is -2.08. The van der Waals surface area contributed by atoms with Gasteiger partial charge in [-0.2, -0.15) is 5.10 Å². The zero-order valence-electron chi connectivity index (χ0n) is 20.8. The number of carbonyl (C=O) groups is 1. The first-order valence-corrected chi connectivity index (χ1v) is 12.2. The van der Waals surface area contributed by atoms with Crippen LogP contribution in [0.5, 0.6) is 5.75 Å². The lowest BCUT2D eigenvalue weighted by atomic mass is 10.1. The van der Waals surface area contributed by atoms with Crippen molar-refractivity contribution in [3.8, 4) is 17.0 Å². The van der Waals surface area contributed by atoms with Crippen molar-refractivity contribution in [1.82, 2.24) is 20.3 Å². The number of rotatable bonds is 9. The second-order valence-electron chi connectivity index (χ2n) is 8.85. The first-order valence-electron chi connectivity index (χ1n) is 12.2. The predicted octanol–water partition coefficient (Wildman–Crippen LogP) is 5.71. The Bertz CT molecular complexity index is 1450. The van der Waals surface area contributed by atoms with E-state index in [1.807, 2.05) is 73.3 Å². The van der Waals surface area contributed by atoms with Crippen molar-refractivity contribution < 1.29 is 14.1 Å². The van der Waals surface area contributed by atoms with Gasteiger partial charge in [-0.3, -0.25) is 9.48 Å². The summed E-state index contributed by atoms with van der Waals surface area (Å²) in [6, 6.07) is 27.3. The highest BCUT2D eigenvalue weighted by Crippen LogP contribution is 2.23. The van der Waals surface area contributed by atoms with E-state index in [0.29, 0.717) is 31.0 Å². The molecule has 0 saturated carbocycles. The van der Waals surface area contributed by atoms with Crippen molar-refractivity contribution in [2.24, 2.45) is 0 Å². The molecule has 0 fully saturated rings. The summed E-state index contributed by atoms with van der Waals surface area (Å²) >= 11 is 0. The van der Waals surface area contributed by atoms with Crippen LogP contribution in [0.4, 0.5) is 0 Å². The van der Waals surface area contributed by atoms with E-state index in [0.717, 1.165) is 39.4 Å². The predicted molar refractivity (Wildman–Crippen MR) is 141 cm³/mol. The van der Waals surface area contributed by atoms with E-state index in [1.165, 1.54) is 0 Å². The Morgan fingerprint density at radius 3 is 2.32 bits per heavy atom. The number of hydrogen-bond donors (Lipinski definition) is 1. The maximum Gasteiger partial charge on any atom is 0.251 e. The van der Waals surface area contributed by atoms with Gasteiger partial charge in [-0.05, 0) is 43.7 Å². The van der Waals surface area contributed by atoms with E-state index in [-0.39, 0.29) is 5.91 Å². The molecule has 0 atom stereocenters. The van der Waals surface area contributed by atoms with E-state index in [9.17, 15) is 4.79 Å². The summed E-state index contributed by atoms with van der Waals surface area (Å²) in [5.74, 6) is 1.26. The minimum Gasteiger partial charge on any atom is -0.489 e. The van der Waals surface area contributed by atoms with Crippen LogP contribution in [-0.4, -0.2) is 20.8 Å². The first kappa shape index (κ1) is 24.1. The van der Waals surface area contributed by atoms with Crippen molar-refractivity contribution in [2.75, 3.05) is 0 Å². The number of hydrogen-bond acceptors (Lipinski definition) is 5. The van der Waals surface area contributed by atoms with Crippen molar-refractivity contribution in [3.63, 3.8) is 0 Å². The molecule has 0 radical (unpaired) electrons. The van der Waals surface area contributed by atoms with Gasteiger partial charge in [0.15, 0.2) is 0 Å². The summed E-state index contributed by atoms with van der Waals surface area (Å²) in [5.41, 5.74) is 6.30. The fourth-order valence-corrected chi connectivity index (χ4v) is 4.13. The number of benzene rings is 3. The molecule has 7 nitrogen and oxygen atoms in total. The lowest BCUT2D eigenvalue weighted by Crippen LogP contribution is -2.22. The van der Waals surface area contributed by atoms with E-state index in [2.05, 4.69) is 22.6 Å². The Morgan fingerprint density at radius 2 is 1.65 bits per heavy atom. The summed E-state index contributed by atoms with van der Waals surface area (Å²) in [7, 11) is 0. The van der Waals surface area contributed by atoms with Gasteiger partial charge in [0, 0.05) is 29.4 Å². The molecule has 3 aromatic carbocycles. The van der Waals surface area contributed by atoms with Crippen LogP contribution < -0.4 is 10.1 Å². The molecule has 1 amide bonds. The molecule has 2 aromatic heterocycles. The highest BCUT2D eigenvalue weighted by Gasteiger charge is 2.14. The average molecular weight is 493 g/mol. The minimum atomic E-state index is -0.160. The molecule has 0 aliphatic carbocycles. The number of nitrogens with zero attached hydrogens (tertiary/aromatic N) is 3. The molecular formula is C30H28N4O3. The Hall–Kier alpha value is -4.65. The molecule has 0 aliphatic heterocycles. The number of carbonyl (C=O) groups excluding carboxylic acids is 1. The molecule has 1 N–H and O–H groups in total. The Labute approximate surface area is 215 Å². The summed E-state index contributed by atoms with van der Waals surface area (Å²) in [6.07, 6.45) is 2.00. The Morgan fingerprint density at radius 1 is 0.946 bits per heavy atom.